The third-order valence-electron chi connectivity index (χ3n) is 8.01. The highest BCUT2D eigenvalue weighted by atomic mass is 16.1. The molecule has 4 fully saturated rings. The van der Waals surface area contributed by atoms with E-state index in [0.717, 1.165) is 36.0 Å². The molecule has 1 heteroatoms. The van der Waals surface area contributed by atoms with Crippen molar-refractivity contribution in [3.8, 4) is 0 Å². The number of Topliss-reactive ketones (excluding diaryl/α,β-unsaturated/α-hetero) is 1. The SMILES string of the molecule is O=C1CC=C2CCC3CCCC4C5CCCCC5C1C2C34. The number of hydrogen-bond donors (Lipinski definition) is 0. The monoisotopic (exact) mass is 284 g/mol. The summed E-state index contributed by atoms with van der Waals surface area (Å²) >= 11 is 0. The number of hydrogen-bond acceptors (Lipinski definition) is 1. The Kier molecular flexibility index (Phi) is 2.89. The predicted octanol–water partition coefficient (Wildman–Crippen LogP) is 4.76. The minimum atomic E-state index is 0.442. The fourth-order valence-corrected chi connectivity index (χ4v) is 7.46. The predicted molar refractivity (Wildman–Crippen MR) is 83.7 cm³/mol. The summed E-state index contributed by atoms with van der Waals surface area (Å²) in [4.78, 5) is 12.8. The highest BCUT2D eigenvalue weighted by Gasteiger charge is 2.58. The highest BCUT2D eigenvalue weighted by Crippen LogP contribution is 2.63. The van der Waals surface area contributed by atoms with Crippen LogP contribution in [0.1, 0.15) is 64.2 Å². The lowest BCUT2D eigenvalue weighted by Gasteiger charge is -2.60. The van der Waals surface area contributed by atoms with Crippen LogP contribution in [0.4, 0.5) is 0 Å². The zero-order chi connectivity index (χ0) is 14.0. The summed E-state index contributed by atoms with van der Waals surface area (Å²) in [7, 11) is 0. The van der Waals surface area contributed by atoms with Crippen molar-refractivity contribution in [2.24, 2.45) is 41.4 Å². The van der Waals surface area contributed by atoms with E-state index in [0.29, 0.717) is 17.6 Å². The second-order valence-electron chi connectivity index (χ2n) is 8.58. The summed E-state index contributed by atoms with van der Waals surface area (Å²) in [5, 5.41) is 0. The first-order valence-electron chi connectivity index (χ1n) is 9.56. The average molecular weight is 284 g/mol. The number of rotatable bonds is 0. The largest absolute Gasteiger partial charge is 0.299 e. The van der Waals surface area contributed by atoms with Gasteiger partial charge in [0, 0.05) is 12.3 Å². The van der Waals surface area contributed by atoms with E-state index in [1.54, 1.807) is 5.57 Å². The molecule has 0 aromatic rings. The van der Waals surface area contributed by atoms with Crippen molar-refractivity contribution in [1.82, 2.24) is 0 Å². The van der Waals surface area contributed by atoms with Crippen LogP contribution >= 0.6 is 0 Å². The van der Waals surface area contributed by atoms with Crippen molar-refractivity contribution in [3.05, 3.63) is 11.6 Å². The van der Waals surface area contributed by atoms with Crippen LogP contribution in [-0.2, 0) is 4.79 Å². The van der Waals surface area contributed by atoms with Crippen LogP contribution in [0.25, 0.3) is 0 Å². The van der Waals surface area contributed by atoms with Gasteiger partial charge in [0.25, 0.3) is 0 Å². The summed E-state index contributed by atoms with van der Waals surface area (Å²) in [5.74, 6) is 6.25. The molecular weight excluding hydrogens is 256 g/mol. The molecule has 7 unspecified atom stereocenters. The zero-order valence-corrected chi connectivity index (χ0v) is 13.1. The van der Waals surface area contributed by atoms with E-state index in [1.165, 1.54) is 57.8 Å². The Hall–Kier alpha value is -0.590. The van der Waals surface area contributed by atoms with E-state index in [1.807, 2.05) is 0 Å². The molecule has 5 aliphatic rings. The van der Waals surface area contributed by atoms with E-state index in [9.17, 15) is 4.79 Å². The molecular formula is C20H28O. The van der Waals surface area contributed by atoms with Gasteiger partial charge >= 0.3 is 0 Å². The van der Waals surface area contributed by atoms with Gasteiger partial charge in [-0.05, 0) is 67.6 Å². The molecule has 0 aliphatic heterocycles. The van der Waals surface area contributed by atoms with E-state index >= 15 is 0 Å². The average Bonchev–Trinajstić information content (AvgIpc) is 2.54. The second-order valence-corrected chi connectivity index (χ2v) is 8.58. The Morgan fingerprint density at radius 3 is 2.52 bits per heavy atom. The Morgan fingerprint density at radius 1 is 0.810 bits per heavy atom. The molecule has 0 aromatic heterocycles. The Bertz CT molecular complexity index is 490. The lowest BCUT2D eigenvalue weighted by molar-refractivity contribution is -0.142. The molecule has 0 N–H and O–H groups in total. The zero-order valence-electron chi connectivity index (χ0n) is 13.1. The van der Waals surface area contributed by atoms with Crippen molar-refractivity contribution in [2.75, 3.05) is 0 Å². The molecule has 0 heterocycles. The molecule has 21 heavy (non-hydrogen) atoms. The van der Waals surface area contributed by atoms with Crippen LogP contribution in [0.5, 0.6) is 0 Å². The molecule has 5 rings (SSSR count). The number of allylic oxidation sites excluding steroid dienone is 2. The number of fused-ring (bicyclic) bond motifs is 3. The van der Waals surface area contributed by atoms with Crippen LogP contribution < -0.4 is 0 Å². The van der Waals surface area contributed by atoms with Gasteiger partial charge < -0.3 is 0 Å². The summed E-state index contributed by atoms with van der Waals surface area (Å²) in [6, 6.07) is 0. The third-order valence-corrected chi connectivity index (χ3v) is 8.01. The van der Waals surface area contributed by atoms with Crippen molar-refractivity contribution in [1.29, 1.82) is 0 Å². The van der Waals surface area contributed by atoms with Gasteiger partial charge in [0.2, 0.25) is 0 Å². The first-order chi connectivity index (χ1) is 10.3. The van der Waals surface area contributed by atoms with Crippen molar-refractivity contribution < 1.29 is 4.79 Å². The maximum atomic E-state index is 12.8. The fourth-order valence-electron chi connectivity index (χ4n) is 7.46. The first-order valence-corrected chi connectivity index (χ1v) is 9.56. The van der Waals surface area contributed by atoms with Gasteiger partial charge in [-0.25, -0.2) is 0 Å². The molecule has 0 bridgehead atoms. The smallest absolute Gasteiger partial charge is 0.140 e. The minimum absolute atomic E-state index is 0.442. The van der Waals surface area contributed by atoms with Gasteiger partial charge in [0.1, 0.15) is 5.78 Å². The van der Waals surface area contributed by atoms with E-state index in [4.69, 9.17) is 0 Å². The Labute approximate surface area is 128 Å². The fraction of sp³-hybridized carbons (Fsp3) is 0.850. The van der Waals surface area contributed by atoms with Crippen LogP contribution in [-0.4, -0.2) is 5.78 Å². The molecule has 114 valence electrons. The lowest BCUT2D eigenvalue weighted by atomic mass is 9.43. The Balaban J connectivity index is 1.62. The normalized spacial score (nSPS) is 51.7. The van der Waals surface area contributed by atoms with E-state index in [-0.39, 0.29) is 0 Å². The molecule has 0 saturated heterocycles. The van der Waals surface area contributed by atoms with Crippen LogP contribution in [0.15, 0.2) is 11.6 Å². The summed E-state index contributed by atoms with van der Waals surface area (Å²) < 4.78 is 0. The highest BCUT2D eigenvalue weighted by molar-refractivity contribution is 5.85. The van der Waals surface area contributed by atoms with Crippen molar-refractivity contribution >= 4 is 5.78 Å². The maximum Gasteiger partial charge on any atom is 0.140 e. The molecule has 7 atom stereocenters. The molecule has 0 radical (unpaired) electrons. The number of carbonyl (C=O) groups is 1. The maximum absolute atomic E-state index is 12.8. The van der Waals surface area contributed by atoms with Crippen LogP contribution in [0, 0.1) is 41.4 Å². The quantitative estimate of drug-likeness (QED) is 0.586. The molecule has 0 aromatic carbocycles. The van der Waals surface area contributed by atoms with E-state index < -0.39 is 0 Å². The molecule has 0 amide bonds. The number of ketones is 1. The molecule has 1 nitrogen and oxygen atoms in total. The van der Waals surface area contributed by atoms with Gasteiger partial charge in [-0.1, -0.05) is 37.3 Å². The van der Waals surface area contributed by atoms with Crippen molar-refractivity contribution in [2.45, 2.75) is 64.2 Å². The topological polar surface area (TPSA) is 17.1 Å². The number of carbonyl (C=O) groups excluding carboxylic acids is 1. The third kappa shape index (κ3) is 1.72. The van der Waals surface area contributed by atoms with Crippen molar-refractivity contribution in [3.63, 3.8) is 0 Å². The summed E-state index contributed by atoms with van der Waals surface area (Å²) in [6.45, 7) is 0. The van der Waals surface area contributed by atoms with Gasteiger partial charge in [-0.3, -0.25) is 4.79 Å². The van der Waals surface area contributed by atoms with Crippen LogP contribution in [0.2, 0.25) is 0 Å². The van der Waals surface area contributed by atoms with Gasteiger partial charge in [-0.15, -0.1) is 0 Å². The Morgan fingerprint density at radius 2 is 1.62 bits per heavy atom. The van der Waals surface area contributed by atoms with Crippen LogP contribution in [0.3, 0.4) is 0 Å². The second kappa shape index (κ2) is 4.70. The summed E-state index contributed by atoms with van der Waals surface area (Å²) in [5.41, 5.74) is 1.72. The molecule has 5 aliphatic carbocycles. The standard InChI is InChI=1S/C20H28O/c21-17-11-10-13-9-8-12-4-3-7-15-14-5-1-2-6-16(14)20(17)19(13)18(12)15/h10,12,14-16,18-20H,1-9,11H2. The lowest BCUT2D eigenvalue weighted by Crippen LogP contribution is -2.56. The molecule has 4 saturated carbocycles. The van der Waals surface area contributed by atoms with Gasteiger partial charge in [0.15, 0.2) is 0 Å². The molecule has 0 spiro atoms. The first kappa shape index (κ1) is 12.9. The van der Waals surface area contributed by atoms with Gasteiger partial charge in [-0.2, -0.15) is 0 Å². The van der Waals surface area contributed by atoms with Gasteiger partial charge in [0.05, 0.1) is 0 Å². The van der Waals surface area contributed by atoms with E-state index in [2.05, 4.69) is 6.08 Å². The summed E-state index contributed by atoms with van der Waals surface area (Å²) in [6.07, 6.45) is 15.9. The minimum Gasteiger partial charge on any atom is -0.299 e.